The highest BCUT2D eigenvalue weighted by Crippen LogP contribution is 2.34. The summed E-state index contributed by atoms with van der Waals surface area (Å²) in [6, 6.07) is 9.02. The highest BCUT2D eigenvalue weighted by atomic mass is 16.5. The van der Waals surface area contributed by atoms with E-state index in [1.54, 1.807) is 25.3 Å². The van der Waals surface area contributed by atoms with E-state index in [1.807, 2.05) is 23.2 Å². The molecule has 1 aromatic carbocycles. The van der Waals surface area contributed by atoms with Gasteiger partial charge in [0.2, 0.25) is 0 Å². The summed E-state index contributed by atoms with van der Waals surface area (Å²) >= 11 is 0. The van der Waals surface area contributed by atoms with Gasteiger partial charge in [-0.2, -0.15) is 5.10 Å². The molecule has 2 N–H and O–H groups in total. The Labute approximate surface area is 180 Å². The van der Waals surface area contributed by atoms with Crippen molar-refractivity contribution in [3.05, 3.63) is 53.2 Å². The Hall–Kier alpha value is -3.55. The number of hydrogen-bond donors (Lipinski definition) is 2. The number of amides is 2. The Morgan fingerprint density at radius 3 is 2.74 bits per heavy atom. The molecule has 1 fully saturated rings. The monoisotopic (exact) mass is 419 g/mol. The zero-order valence-corrected chi connectivity index (χ0v) is 17.5. The van der Waals surface area contributed by atoms with Gasteiger partial charge in [-0.3, -0.25) is 14.7 Å². The largest absolute Gasteiger partial charge is 0.496 e. The number of aryl methyl sites for hydroxylation is 1. The molecule has 0 aliphatic carbocycles. The molecule has 3 aromatic rings. The molecule has 2 aliphatic heterocycles. The number of nitrogens with one attached hydrogen (secondary N) is 2. The molecular formula is C23H25N5O3. The summed E-state index contributed by atoms with van der Waals surface area (Å²) in [5.41, 5.74) is 3.88. The van der Waals surface area contributed by atoms with Crippen LogP contribution >= 0.6 is 0 Å². The Balaban J connectivity index is 1.40. The maximum Gasteiger partial charge on any atom is 0.260 e. The zero-order chi connectivity index (χ0) is 21.4. The Morgan fingerprint density at radius 1 is 1.13 bits per heavy atom. The molecule has 8 heteroatoms. The molecule has 0 saturated carbocycles. The number of anilines is 1. The third-order valence-electron chi connectivity index (χ3n) is 6.10. The number of carbonyl (C=O) groups is 2. The van der Waals surface area contributed by atoms with Crippen molar-refractivity contribution in [1.29, 1.82) is 0 Å². The van der Waals surface area contributed by atoms with Crippen LogP contribution in [0.5, 0.6) is 5.75 Å². The molecule has 5 rings (SSSR count). The molecule has 0 atom stereocenters. The lowest BCUT2D eigenvalue weighted by atomic mass is 10.1. The molecule has 0 unspecified atom stereocenters. The number of aromatic amines is 1. The number of rotatable bonds is 4. The summed E-state index contributed by atoms with van der Waals surface area (Å²) < 4.78 is 7.38. The second-order valence-corrected chi connectivity index (χ2v) is 7.99. The summed E-state index contributed by atoms with van der Waals surface area (Å²) in [4.78, 5) is 27.6. The van der Waals surface area contributed by atoms with Crippen LogP contribution in [0.1, 0.15) is 45.5 Å². The average Bonchev–Trinajstić information content (AvgIpc) is 3.43. The van der Waals surface area contributed by atoms with Crippen LogP contribution in [0.2, 0.25) is 0 Å². The molecule has 0 spiro atoms. The van der Waals surface area contributed by atoms with Gasteiger partial charge in [-0.25, -0.2) is 0 Å². The zero-order valence-electron chi connectivity index (χ0n) is 17.5. The maximum atomic E-state index is 12.9. The first kappa shape index (κ1) is 19.4. The fourth-order valence-electron chi connectivity index (χ4n) is 4.47. The van der Waals surface area contributed by atoms with Crippen molar-refractivity contribution < 1.29 is 14.3 Å². The van der Waals surface area contributed by atoms with Crippen molar-refractivity contribution in [2.24, 2.45) is 0 Å². The molecule has 1 saturated heterocycles. The summed E-state index contributed by atoms with van der Waals surface area (Å²) in [7, 11) is 1.54. The number of nitrogens with zero attached hydrogens (tertiary/aromatic N) is 3. The number of carbonyl (C=O) groups excluding carboxylic acids is 2. The molecular weight excluding hydrogens is 394 g/mol. The first-order valence-electron chi connectivity index (χ1n) is 10.7. The number of ether oxygens (including phenoxy) is 1. The highest BCUT2D eigenvalue weighted by Gasteiger charge is 2.27. The molecule has 160 valence electrons. The van der Waals surface area contributed by atoms with Crippen LogP contribution in [-0.4, -0.2) is 51.7 Å². The molecule has 0 radical (unpaired) electrons. The Morgan fingerprint density at radius 2 is 1.94 bits per heavy atom. The van der Waals surface area contributed by atoms with Crippen LogP contribution in [0.4, 0.5) is 5.82 Å². The minimum atomic E-state index is -0.270. The van der Waals surface area contributed by atoms with E-state index < -0.39 is 0 Å². The van der Waals surface area contributed by atoms with Crippen LogP contribution in [-0.2, 0) is 13.0 Å². The van der Waals surface area contributed by atoms with E-state index in [0.717, 1.165) is 49.4 Å². The smallest absolute Gasteiger partial charge is 0.260 e. The number of piperidine rings is 1. The van der Waals surface area contributed by atoms with Crippen molar-refractivity contribution in [3.8, 4) is 17.1 Å². The van der Waals surface area contributed by atoms with Crippen LogP contribution in [0.15, 0.2) is 36.5 Å². The van der Waals surface area contributed by atoms with E-state index in [4.69, 9.17) is 4.74 Å². The van der Waals surface area contributed by atoms with Gasteiger partial charge in [0.05, 0.1) is 29.6 Å². The van der Waals surface area contributed by atoms with Gasteiger partial charge in [0.1, 0.15) is 5.75 Å². The number of aromatic nitrogens is 3. The lowest BCUT2D eigenvalue weighted by Crippen LogP contribution is -2.35. The molecule has 0 bridgehead atoms. The van der Waals surface area contributed by atoms with Crippen LogP contribution in [0, 0.1) is 0 Å². The molecule has 2 aliphatic rings. The van der Waals surface area contributed by atoms with E-state index in [2.05, 4.69) is 20.1 Å². The molecule has 31 heavy (non-hydrogen) atoms. The fraction of sp³-hybridized carbons (Fsp3) is 0.348. The number of hydrogen-bond acceptors (Lipinski definition) is 4. The van der Waals surface area contributed by atoms with Crippen molar-refractivity contribution in [2.75, 3.05) is 25.5 Å². The van der Waals surface area contributed by atoms with E-state index in [0.29, 0.717) is 29.1 Å². The van der Waals surface area contributed by atoms with Gasteiger partial charge in [0, 0.05) is 31.4 Å². The second kappa shape index (κ2) is 7.94. The average molecular weight is 419 g/mol. The Kier molecular flexibility index (Phi) is 4.97. The van der Waals surface area contributed by atoms with Gasteiger partial charge in [0.25, 0.3) is 11.8 Å². The van der Waals surface area contributed by atoms with Gasteiger partial charge in [-0.05, 0) is 43.9 Å². The standard InChI is InChI=1S/C23H25N5O3/c1-31-19-8-4-3-7-16(19)22(29)24-21-17-9-12-28-14-15(13-18(28)20(17)25-26-21)23(30)27-10-5-2-6-11-27/h3-4,7-8,13-14H,2,5-6,9-12H2,1H3,(H2,24,25,26,29). The van der Waals surface area contributed by atoms with E-state index >= 15 is 0 Å². The molecule has 2 amide bonds. The van der Waals surface area contributed by atoms with Crippen molar-refractivity contribution in [2.45, 2.75) is 32.2 Å². The minimum absolute atomic E-state index is 0.0902. The SMILES string of the molecule is COc1ccccc1C(=O)Nc1n[nH]c2c1CCn1cc(C(=O)N3CCCCC3)cc1-2. The van der Waals surface area contributed by atoms with Gasteiger partial charge < -0.3 is 19.5 Å². The van der Waals surface area contributed by atoms with Gasteiger partial charge in [0.15, 0.2) is 5.82 Å². The van der Waals surface area contributed by atoms with Crippen molar-refractivity contribution in [3.63, 3.8) is 0 Å². The summed E-state index contributed by atoms with van der Waals surface area (Å²) in [6.45, 7) is 2.38. The molecule has 8 nitrogen and oxygen atoms in total. The second-order valence-electron chi connectivity index (χ2n) is 7.99. The van der Waals surface area contributed by atoms with Crippen LogP contribution in [0.25, 0.3) is 11.4 Å². The van der Waals surface area contributed by atoms with Crippen molar-refractivity contribution >= 4 is 17.6 Å². The molecule has 4 heterocycles. The van der Waals surface area contributed by atoms with Crippen LogP contribution in [0.3, 0.4) is 0 Å². The fourth-order valence-corrected chi connectivity index (χ4v) is 4.47. The minimum Gasteiger partial charge on any atom is -0.496 e. The number of likely N-dealkylation sites (tertiary alicyclic amines) is 1. The van der Waals surface area contributed by atoms with E-state index in [9.17, 15) is 9.59 Å². The lowest BCUT2D eigenvalue weighted by Gasteiger charge is -2.26. The van der Waals surface area contributed by atoms with Crippen LogP contribution < -0.4 is 10.1 Å². The summed E-state index contributed by atoms with van der Waals surface area (Å²) in [5, 5.41) is 10.3. The Bertz CT molecular complexity index is 1140. The highest BCUT2D eigenvalue weighted by molar-refractivity contribution is 6.06. The number of methoxy groups -OCH3 is 1. The predicted molar refractivity (Wildman–Crippen MR) is 116 cm³/mol. The van der Waals surface area contributed by atoms with E-state index in [1.165, 1.54) is 6.42 Å². The first-order chi connectivity index (χ1) is 15.2. The van der Waals surface area contributed by atoms with Gasteiger partial charge >= 0.3 is 0 Å². The maximum absolute atomic E-state index is 12.9. The predicted octanol–water partition coefficient (Wildman–Crippen LogP) is 3.32. The third kappa shape index (κ3) is 3.48. The van der Waals surface area contributed by atoms with Crippen molar-refractivity contribution in [1.82, 2.24) is 19.7 Å². The number of fused-ring (bicyclic) bond motifs is 3. The first-order valence-corrected chi connectivity index (χ1v) is 10.7. The topological polar surface area (TPSA) is 92.2 Å². The molecule has 2 aromatic heterocycles. The number of para-hydroxylation sites is 1. The normalized spacial score (nSPS) is 15.2. The number of H-pyrrole nitrogens is 1. The van der Waals surface area contributed by atoms with E-state index in [-0.39, 0.29) is 11.8 Å². The van der Waals surface area contributed by atoms with Gasteiger partial charge in [-0.15, -0.1) is 0 Å². The quantitative estimate of drug-likeness (QED) is 0.679. The summed E-state index contributed by atoms with van der Waals surface area (Å²) in [6.07, 6.45) is 5.98. The summed E-state index contributed by atoms with van der Waals surface area (Å²) in [5.74, 6) is 0.849. The number of benzene rings is 1. The lowest BCUT2D eigenvalue weighted by molar-refractivity contribution is 0.0724. The van der Waals surface area contributed by atoms with Gasteiger partial charge in [-0.1, -0.05) is 12.1 Å². The third-order valence-corrected chi connectivity index (χ3v) is 6.10.